The Balaban J connectivity index is 2.18. The largest absolute Gasteiger partial charge is 0.393 e. The van der Waals surface area contributed by atoms with Gasteiger partial charge in [-0.25, -0.2) is 4.39 Å². The summed E-state index contributed by atoms with van der Waals surface area (Å²) in [5.41, 5.74) is 0.423. The molecule has 1 atom stereocenters. The zero-order chi connectivity index (χ0) is 12.3. The Morgan fingerprint density at radius 2 is 2.00 bits per heavy atom. The van der Waals surface area contributed by atoms with E-state index in [0.717, 1.165) is 0 Å². The molecule has 0 amide bonds. The third kappa shape index (κ3) is 2.63. The normalized spacial score (nSPS) is 19.8. The Morgan fingerprint density at radius 1 is 1.35 bits per heavy atom. The minimum absolute atomic E-state index is 0.286. The van der Waals surface area contributed by atoms with Crippen molar-refractivity contribution in [1.82, 2.24) is 4.90 Å². The highest BCUT2D eigenvalue weighted by Gasteiger charge is 2.26. The highest BCUT2D eigenvalue weighted by molar-refractivity contribution is 5.26. The van der Waals surface area contributed by atoms with Gasteiger partial charge in [0.1, 0.15) is 11.9 Å². The summed E-state index contributed by atoms with van der Waals surface area (Å²) in [5.74, 6) is -0.342. The predicted octanol–water partition coefficient (Wildman–Crippen LogP) is 1.85. The van der Waals surface area contributed by atoms with E-state index in [1.54, 1.807) is 18.2 Å². The number of halogens is 1. The van der Waals surface area contributed by atoms with Gasteiger partial charge in [0.05, 0.1) is 12.2 Å². The van der Waals surface area contributed by atoms with Crippen LogP contribution in [0.3, 0.4) is 0 Å². The zero-order valence-electron chi connectivity index (χ0n) is 9.51. The molecular weight excluding hydrogens is 219 g/mol. The van der Waals surface area contributed by atoms with E-state index in [1.807, 2.05) is 4.90 Å². The number of hydrogen-bond acceptors (Lipinski definition) is 3. The molecule has 90 valence electrons. The summed E-state index contributed by atoms with van der Waals surface area (Å²) >= 11 is 0. The van der Waals surface area contributed by atoms with Crippen LogP contribution in [0.5, 0.6) is 0 Å². The van der Waals surface area contributed by atoms with Crippen LogP contribution in [0.4, 0.5) is 4.39 Å². The molecule has 0 aliphatic carbocycles. The SMILES string of the molecule is N#CC(c1ccccc1F)N1CCC(O)CC1. The predicted molar refractivity (Wildman–Crippen MR) is 61.6 cm³/mol. The van der Waals surface area contributed by atoms with Gasteiger partial charge in [0.15, 0.2) is 0 Å². The van der Waals surface area contributed by atoms with E-state index >= 15 is 0 Å². The van der Waals surface area contributed by atoms with E-state index in [0.29, 0.717) is 31.5 Å². The first-order valence-electron chi connectivity index (χ1n) is 5.78. The van der Waals surface area contributed by atoms with Crippen LogP contribution >= 0.6 is 0 Å². The molecule has 17 heavy (non-hydrogen) atoms. The third-order valence-corrected chi connectivity index (χ3v) is 3.19. The smallest absolute Gasteiger partial charge is 0.129 e. The molecular formula is C13H15FN2O. The lowest BCUT2D eigenvalue weighted by atomic mass is 10.0. The molecule has 0 bridgehead atoms. The Labute approximate surface area is 100 Å². The molecule has 1 N–H and O–H groups in total. The highest BCUT2D eigenvalue weighted by Crippen LogP contribution is 2.25. The molecule has 2 rings (SSSR count). The standard InChI is InChI=1S/C13H15FN2O/c14-12-4-2-1-3-11(12)13(9-15)16-7-5-10(17)6-8-16/h1-4,10,13,17H,5-8H2. The molecule has 1 aliphatic rings. The molecule has 0 spiro atoms. The second-order valence-corrected chi connectivity index (χ2v) is 4.32. The maximum absolute atomic E-state index is 13.6. The fourth-order valence-electron chi connectivity index (χ4n) is 2.19. The minimum Gasteiger partial charge on any atom is -0.393 e. The fourth-order valence-corrected chi connectivity index (χ4v) is 2.19. The third-order valence-electron chi connectivity index (χ3n) is 3.19. The first-order valence-corrected chi connectivity index (χ1v) is 5.78. The van der Waals surface area contributed by atoms with E-state index in [-0.39, 0.29) is 11.9 Å². The van der Waals surface area contributed by atoms with E-state index < -0.39 is 6.04 Å². The average Bonchev–Trinajstić information content (AvgIpc) is 2.35. The molecule has 1 heterocycles. The number of rotatable bonds is 2. The number of nitrogens with zero attached hydrogens (tertiary/aromatic N) is 2. The van der Waals surface area contributed by atoms with Gasteiger partial charge in [-0.2, -0.15) is 5.26 Å². The van der Waals surface area contributed by atoms with Gasteiger partial charge in [0.2, 0.25) is 0 Å². The highest BCUT2D eigenvalue weighted by atomic mass is 19.1. The minimum atomic E-state index is -0.552. The molecule has 0 saturated carbocycles. The van der Waals surface area contributed by atoms with Crippen molar-refractivity contribution >= 4 is 0 Å². The number of nitriles is 1. The van der Waals surface area contributed by atoms with Crippen molar-refractivity contribution < 1.29 is 9.50 Å². The van der Waals surface area contributed by atoms with Gasteiger partial charge in [-0.05, 0) is 18.9 Å². The number of likely N-dealkylation sites (tertiary alicyclic amines) is 1. The van der Waals surface area contributed by atoms with Crippen LogP contribution in [0.1, 0.15) is 24.4 Å². The summed E-state index contributed by atoms with van der Waals surface area (Å²) in [4.78, 5) is 1.92. The molecule has 3 nitrogen and oxygen atoms in total. The van der Waals surface area contributed by atoms with E-state index in [4.69, 9.17) is 0 Å². The summed E-state index contributed by atoms with van der Waals surface area (Å²) < 4.78 is 13.6. The van der Waals surface area contributed by atoms with Gasteiger partial charge >= 0.3 is 0 Å². The second-order valence-electron chi connectivity index (χ2n) is 4.32. The summed E-state index contributed by atoms with van der Waals surface area (Å²) in [7, 11) is 0. The van der Waals surface area contributed by atoms with Crippen molar-refractivity contribution in [2.45, 2.75) is 25.0 Å². The maximum Gasteiger partial charge on any atom is 0.129 e. The molecule has 1 aliphatic heterocycles. The lowest BCUT2D eigenvalue weighted by molar-refractivity contribution is 0.0710. The van der Waals surface area contributed by atoms with Crippen molar-refractivity contribution in [3.05, 3.63) is 35.6 Å². The Kier molecular flexibility index (Phi) is 3.72. The Bertz CT molecular complexity index is 422. The number of benzene rings is 1. The van der Waals surface area contributed by atoms with Crippen LogP contribution in [-0.2, 0) is 0 Å². The van der Waals surface area contributed by atoms with Crippen molar-refractivity contribution in [1.29, 1.82) is 5.26 Å². The van der Waals surface area contributed by atoms with Crippen molar-refractivity contribution in [3.8, 4) is 6.07 Å². The van der Waals surface area contributed by atoms with Crippen molar-refractivity contribution in [2.24, 2.45) is 0 Å². The van der Waals surface area contributed by atoms with E-state index in [2.05, 4.69) is 6.07 Å². The second kappa shape index (κ2) is 5.26. The molecule has 0 aromatic heterocycles. The molecule has 1 aromatic rings. The first-order chi connectivity index (χ1) is 8.22. The number of aliphatic hydroxyl groups is 1. The van der Waals surface area contributed by atoms with Crippen LogP contribution in [0.2, 0.25) is 0 Å². The lowest BCUT2D eigenvalue weighted by Crippen LogP contribution is -2.38. The van der Waals surface area contributed by atoms with Crippen LogP contribution in [-0.4, -0.2) is 29.2 Å². The lowest BCUT2D eigenvalue weighted by Gasteiger charge is -2.32. The maximum atomic E-state index is 13.6. The van der Waals surface area contributed by atoms with Gasteiger partial charge in [-0.3, -0.25) is 4.90 Å². The summed E-state index contributed by atoms with van der Waals surface area (Å²) in [5, 5.41) is 18.6. The van der Waals surface area contributed by atoms with Gasteiger partial charge in [0, 0.05) is 18.7 Å². The van der Waals surface area contributed by atoms with Gasteiger partial charge < -0.3 is 5.11 Å². The number of piperidine rings is 1. The molecule has 1 unspecified atom stereocenters. The number of aliphatic hydroxyl groups excluding tert-OH is 1. The van der Waals surface area contributed by atoms with E-state index in [9.17, 15) is 14.8 Å². The first kappa shape index (κ1) is 12.0. The molecule has 1 fully saturated rings. The van der Waals surface area contributed by atoms with Crippen molar-refractivity contribution in [2.75, 3.05) is 13.1 Å². The Morgan fingerprint density at radius 3 is 2.59 bits per heavy atom. The van der Waals surface area contributed by atoms with Crippen LogP contribution in [0, 0.1) is 17.1 Å². The average molecular weight is 234 g/mol. The van der Waals surface area contributed by atoms with Crippen LogP contribution in [0.25, 0.3) is 0 Å². The van der Waals surface area contributed by atoms with Gasteiger partial charge in [0.25, 0.3) is 0 Å². The monoisotopic (exact) mass is 234 g/mol. The molecule has 1 aromatic carbocycles. The quantitative estimate of drug-likeness (QED) is 0.849. The fraction of sp³-hybridized carbons (Fsp3) is 0.462. The molecule has 1 saturated heterocycles. The van der Waals surface area contributed by atoms with Crippen LogP contribution < -0.4 is 0 Å². The summed E-state index contributed by atoms with van der Waals surface area (Å²) in [6, 6.07) is 7.97. The van der Waals surface area contributed by atoms with Crippen LogP contribution in [0.15, 0.2) is 24.3 Å². The van der Waals surface area contributed by atoms with Crippen molar-refractivity contribution in [3.63, 3.8) is 0 Å². The summed E-state index contributed by atoms with van der Waals surface area (Å²) in [6.07, 6.45) is 1.01. The zero-order valence-corrected chi connectivity index (χ0v) is 9.51. The molecule has 0 radical (unpaired) electrons. The van der Waals surface area contributed by atoms with Gasteiger partial charge in [-0.15, -0.1) is 0 Å². The summed E-state index contributed by atoms with van der Waals surface area (Å²) in [6.45, 7) is 1.27. The van der Waals surface area contributed by atoms with Gasteiger partial charge in [-0.1, -0.05) is 18.2 Å². The van der Waals surface area contributed by atoms with E-state index in [1.165, 1.54) is 6.07 Å². The Hall–Kier alpha value is -1.44. The topological polar surface area (TPSA) is 47.3 Å². The number of hydrogen-bond donors (Lipinski definition) is 1. The molecule has 4 heteroatoms.